The monoisotopic (exact) mass is 932 g/mol. The Morgan fingerprint density at radius 3 is 0.789 bits per heavy atom. The maximum atomic E-state index is 14.9. The first-order valence-corrected chi connectivity index (χ1v) is 16.3. The summed E-state index contributed by atoms with van der Waals surface area (Å²) in [6, 6.07) is 2.80. The Bertz CT molecular complexity index is 2200. The molecule has 0 radical (unpaired) electrons. The van der Waals surface area contributed by atoms with Crippen LogP contribution in [0, 0.1) is 0 Å². The van der Waals surface area contributed by atoms with Gasteiger partial charge in [-0.1, -0.05) is 0 Å². The topological polar surface area (TPSA) is 0 Å². The lowest BCUT2D eigenvalue weighted by Crippen LogP contribution is -2.69. The molecule has 3 heterocycles. The highest BCUT2D eigenvalue weighted by atomic mass is 32.1. The molecule has 57 heavy (non-hydrogen) atoms. The van der Waals surface area contributed by atoms with Gasteiger partial charge in [0, 0.05) is 29.6 Å². The molecule has 0 fully saturated rings. The van der Waals surface area contributed by atoms with Crippen molar-refractivity contribution in [2.75, 3.05) is 0 Å². The van der Waals surface area contributed by atoms with Crippen LogP contribution in [0.1, 0.15) is 9.75 Å². The average Bonchev–Trinajstić information content (AvgIpc) is 3.75. The number of benzene rings is 2. The Morgan fingerprint density at radius 1 is 0.263 bits per heavy atom. The van der Waals surface area contributed by atoms with Gasteiger partial charge in [0.2, 0.25) is 0 Å². The standard InChI is InChI=1S/C28H6F26S3/c29-17(30,19(33,34)21(37,38)23(41,42)25(45,46)27(49,50)51)15-3-7-1-9-10-2-8-4-16(57-12(8)6-14(10)55-13(9)5-11(7)56-15)18(31,32)20(35,36)22(39,40)24(43,44)26(47,48)28(52,53)54/h1-6H. The molecule has 0 aliphatic rings. The van der Waals surface area contributed by atoms with Crippen LogP contribution >= 0.6 is 34.0 Å². The van der Waals surface area contributed by atoms with Crippen LogP contribution in [-0.4, -0.2) is 59.7 Å². The summed E-state index contributed by atoms with van der Waals surface area (Å²) in [5, 5.41) is -1.94. The summed E-state index contributed by atoms with van der Waals surface area (Å²) in [5.41, 5.74) is 0. The molecule has 318 valence electrons. The predicted molar refractivity (Wildman–Crippen MR) is 150 cm³/mol. The number of rotatable bonds is 10. The third kappa shape index (κ3) is 5.68. The van der Waals surface area contributed by atoms with E-state index >= 15 is 0 Å². The molecule has 2 aromatic carbocycles. The second-order valence-electron chi connectivity index (χ2n) is 11.8. The zero-order chi connectivity index (χ0) is 44.1. The molecule has 0 bridgehead atoms. The molecule has 0 unspecified atom stereocenters. The van der Waals surface area contributed by atoms with E-state index in [-0.39, 0.29) is 32.3 Å². The average molecular weight is 933 g/mol. The minimum atomic E-state index is -8.18. The number of fused-ring (bicyclic) bond motifs is 5. The Balaban J connectivity index is 1.58. The van der Waals surface area contributed by atoms with Gasteiger partial charge in [0.1, 0.15) is 0 Å². The molecule has 0 aliphatic carbocycles. The van der Waals surface area contributed by atoms with E-state index in [0.29, 0.717) is 23.5 Å². The van der Waals surface area contributed by atoms with Crippen molar-refractivity contribution < 1.29 is 114 Å². The van der Waals surface area contributed by atoms with Crippen LogP contribution < -0.4 is 0 Å². The van der Waals surface area contributed by atoms with Gasteiger partial charge in [0.25, 0.3) is 0 Å². The van der Waals surface area contributed by atoms with Gasteiger partial charge in [0.05, 0.1) is 9.75 Å². The zero-order valence-electron chi connectivity index (χ0n) is 25.5. The van der Waals surface area contributed by atoms with Crippen LogP contribution in [0.5, 0.6) is 0 Å². The molecule has 0 nitrogen and oxygen atoms in total. The van der Waals surface area contributed by atoms with Crippen molar-refractivity contribution in [1.82, 2.24) is 0 Å². The van der Waals surface area contributed by atoms with Crippen molar-refractivity contribution in [3.8, 4) is 0 Å². The van der Waals surface area contributed by atoms with Crippen molar-refractivity contribution in [3.05, 3.63) is 46.2 Å². The molecular weight excluding hydrogens is 926 g/mol. The van der Waals surface area contributed by atoms with Crippen molar-refractivity contribution in [2.24, 2.45) is 0 Å². The molecule has 3 aromatic heterocycles. The van der Waals surface area contributed by atoms with Crippen molar-refractivity contribution in [3.63, 3.8) is 0 Å². The summed E-state index contributed by atoms with van der Waals surface area (Å²) >= 11 is -0.663. The lowest BCUT2D eigenvalue weighted by molar-refractivity contribution is -0.441. The smallest absolute Gasteiger partial charge is 0.193 e. The quantitative estimate of drug-likeness (QED) is 0.122. The Morgan fingerprint density at radius 2 is 0.526 bits per heavy atom. The van der Waals surface area contributed by atoms with Crippen LogP contribution in [-0.2, 0) is 11.8 Å². The van der Waals surface area contributed by atoms with Gasteiger partial charge < -0.3 is 0 Å². The Kier molecular flexibility index (Phi) is 9.58. The second kappa shape index (κ2) is 12.2. The summed E-state index contributed by atoms with van der Waals surface area (Å²) in [6.07, 6.45) is -15.3. The lowest BCUT2D eigenvalue weighted by atomic mass is 9.93. The summed E-state index contributed by atoms with van der Waals surface area (Å²) in [5.74, 6) is -77.1. The van der Waals surface area contributed by atoms with E-state index in [0.717, 1.165) is 12.1 Å². The summed E-state index contributed by atoms with van der Waals surface area (Å²) in [6.45, 7) is 0. The molecule has 0 saturated heterocycles. The number of hydrogen-bond donors (Lipinski definition) is 0. The van der Waals surface area contributed by atoms with E-state index in [1.54, 1.807) is 0 Å². The van der Waals surface area contributed by atoms with Gasteiger partial charge in [-0.25, -0.2) is 0 Å². The van der Waals surface area contributed by atoms with E-state index in [1.807, 2.05) is 0 Å². The first kappa shape index (κ1) is 44.9. The van der Waals surface area contributed by atoms with Gasteiger partial charge in [0.15, 0.2) is 0 Å². The van der Waals surface area contributed by atoms with E-state index in [4.69, 9.17) is 0 Å². The van der Waals surface area contributed by atoms with Gasteiger partial charge in [-0.2, -0.15) is 114 Å². The first-order valence-electron chi connectivity index (χ1n) is 13.9. The third-order valence-corrected chi connectivity index (χ3v) is 11.7. The maximum Gasteiger partial charge on any atom is 0.460 e. The van der Waals surface area contributed by atoms with E-state index < -0.39 is 124 Å². The fourth-order valence-corrected chi connectivity index (χ4v) is 8.48. The van der Waals surface area contributed by atoms with Crippen LogP contribution in [0.4, 0.5) is 114 Å². The minimum Gasteiger partial charge on any atom is -0.193 e. The van der Waals surface area contributed by atoms with Crippen LogP contribution in [0.2, 0.25) is 0 Å². The lowest BCUT2D eigenvalue weighted by Gasteiger charge is -2.39. The third-order valence-electron chi connectivity index (χ3n) is 8.23. The molecule has 29 heteroatoms. The minimum absolute atomic E-state index is 0.116. The highest BCUT2D eigenvalue weighted by molar-refractivity contribution is 7.27. The van der Waals surface area contributed by atoms with Crippen LogP contribution in [0.25, 0.3) is 40.3 Å². The van der Waals surface area contributed by atoms with Gasteiger partial charge in [-0.3, -0.25) is 0 Å². The number of halogens is 26. The van der Waals surface area contributed by atoms with Crippen LogP contribution in [0.15, 0.2) is 36.4 Å². The summed E-state index contributed by atoms with van der Waals surface area (Å²) in [4.78, 5) is -4.61. The fourth-order valence-electron chi connectivity index (χ4n) is 5.00. The second-order valence-corrected chi connectivity index (χ2v) is 15.1. The highest BCUT2D eigenvalue weighted by Gasteiger charge is 2.92. The molecule has 0 atom stereocenters. The summed E-state index contributed by atoms with van der Waals surface area (Å²) < 4.78 is 354. The maximum absolute atomic E-state index is 14.9. The van der Waals surface area contributed by atoms with Crippen molar-refractivity contribution >= 4 is 74.4 Å². The van der Waals surface area contributed by atoms with Crippen LogP contribution in [0.3, 0.4) is 0 Å². The molecule has 5 rings (SSSR count). The SMILES string of the molecule is FC(F)(F)C(F)(F)C(F)(F)C(F)(F)C(F)(F)C(F)(F)c1cc2cc3c(cc2s1)sc1cc2sc(C(F)(F)C(F)(F)C(F)(F)C(F)(F)C(F)(F)C(F)(F)F)cc2cc13. The number of alkyl halides is 26. The normalized spacial score (nSPS) is 15.9. The highest BCUT2D eigenvalue weighted by Crippen LogP contribution is 2.65. The molecule has 0 saturated carbocycles. The van der Waals surface area contributed by atoms with Crippen molar-refractivity contribution in [2.45, 2.75) is 71.6 Å². The number of thiophene rings is 3. The first-order chi connectivity index (χ1) is 25.1. The molecule has 0 amide bonds. The van der Waals surface area contributed by atoms with Crippen molar-refractivity contribution in [1.29, 1.82) is 0 Å². The van der Waals surface area contributed by atoms with E-state index in [1.165, 1.54) is 0 Å². The summed E-state index contributed by atoms with van der Waals surface area (Å²) in [7, 11) is 0. The van der Waals surface area contributed by atoms with Gasteiger partial charge >= 0.3 is 71.6 Å². The molecule has 5 aromatic rings. The van der Waals surface area contributed by atoms with E-state index in [2.05, 4.69) is 0 Å². The molecule has 0 spiro atoms. The predicted octanol–water partition coefficient (Wildman–Crippen LogP) is 14.9. The molecular formula is C28H6F26S3. The Hall–Kier alpha value is -3.24. The zero-order valence-corrected chi connectivity index (χ0v) is 28.0. The Labute approximate surface area is 306 Å². The van der Waals surface area contributed by atoms with Gasteiger partial charge in [-0.15, -0.1) is 34.0 Å². The van der Waals surface area contributed by atoms with Gasteiger partial charge in [-0.05, 0) is 47.2 Å². The molecule has 0 N–H and O–H groups in total. The molecule has 0 aliphatic heterocycles. The largest absolute Gasteiger partial charge is 0.460 e. The fraction of sp³-hybridized carbons (Fsp3) is 0.429. The number of hydrogen-bond acceptors (Lipinski definition) is 3. The van der Waals surface area contributed by atoms with E-state index in [9.17, 15) is 114 Å².